The van der Waals surface area contributed by atoms with Crippen molar-refractivity contribution in [1.29, 1.82) is 0 Å². The second-order valence-corrected chi connectivity index (χ2v) is 6.49. The van der Waals surface area contributed by atoms with Crippen molar-refractivity contribution in [3.05, 3.63) is 30.3 Å². The molecule has 3 heteroatoms. The Morgan fingerprint density at radius 1 is 1.26 bits per heavy atom. The Balaban J connectivity index is 1.48. The molecule has 1 atom stereocenters. The zero-order valence-corrected chi connectivity index (χ0v) is 12.7. The number of benzene rings is 1. The highest BCUT2D eigenvalue weighted by Gasteiger charge is 2.15. The van der Waals surface area contributed by atoms with Crippen LogP contribution in [-0.4, -0.2) is 43.5 Å². The van der Waals surface area contributed by atoms with Crippen LogP contribution in [0.3, 0.4) is 0 Å². The van der Waals surface area contributed by atoms with Crippen molar-refractivity contribution >= 4 is 11.8 Å². The molecular formula is C16H25NOS. The summed E-state index contributed by atoms with van der Waals surface area (Å²) in [5.74, 6) is 1.91. The van der Waals surface area contributed by atoms with Crippen molar-refractivity contribution in [2.75, 3.05) is 38.6 Å². The van der Waals surface area contributed by atoms with Crippen LogP contribution in [0.25, 0.3) is 0 Å². The standard InChI is InChI=1S/C16H25NOS/c1-15-6-5-9-17(14-15)10-11-18-12-13-19-16-7-3-2-4-8-16/h2-4,7-8,15H,5-6,9-14H2,1H3/t15-/m1/s1. The van der Waals surface area contributed by atoms with Crippen molar-refractivity contribution in [3.63, 3.8) is 0 Å². The lowest BCUT2D eigenvalue weighted by atomic mass is 10.0. The van der Waals surface area contributed by atoms with Crippen molar-refractivity contribution in [2.45, 2.75) is 24.7 Å². The first-order chi connectivity index (χ1) is 9.34. The first-order valence-electron chi connectivity index (χ1n) is 7.32. The average molecular weight is 279 g/mol. The SMILES string of the molecule is C[C@@H]1CCCN(CCOCCSc2ccccc2)C1. The van der Waals surface area contributed by atoms with E-state index in [1.54, 1.807) is 0 Å². The van der Waals surface area contributed by atoms with Gasteiger partial charge in [0, 0.05) is 23.7 Å². The Hall–Kier alpha value is -0.510. The molecule has 1 aliphatic heterocycles. The molecule has 1 aromatic rings. The number of thioether (sulfide) groups is 1. The molecule has 0 aliphatic carbocycles. The minimum atomic E-state index is 0.850. The van der Waals surface area contributed by atoms with E-state index in [4.69, 9.17) is 4.74 Å². The van der Waals surface area contributed by atoms with Gasteiger partial charge in [-0.2, -0.15) is 0 Å². The minimum absolute atomic E-state index is 0.850. The summed E-state index contributed by atoms with van der Waals surface area (Å²) in [4.78, 5) is 3.87. The van der Waals surface area contributed by atoms with E-state index in [1.807, 2.05) is 11.8 Å². The Morgan fingerprint density at radius 2 is 2.11 bits per heavy atom. The van der Waals surface area contributed by atoms with E-state index < -0.39 is 0 Å². The van der Waals surface area contributed by atoms with E-state index in [0.717, 1.165) is 31.4 Å². The van der Waals surface area contributed by atoms with E-state index in [-0.39, 0.29) is 0 Å². The molecule has 106 valence electrons. The second-order valence-electron chi connectivity index (χ2n) is 5.32. The van der Waals surface area contributed by atoms with E-state index >= 15 is 0 Å². The van der Waals surface area contributed by atoms with Crippen molar-refractivity contribution in [2.24, 2.45) is 5.92 Å². The molecule has 0 unspecified atom stereocenters. The molecule has 2 nitrogen and oxygen atoms in total. The molecule has 0 bridgehead atoms. The van der Waals surface area contributed by atoms with Gasteiger partial charge >= 0.3 is 0 Å². The molecule has 0 radical (unpaired) electrons. The third-order valence-electron chi connectivity index (χ3n) is 3.53. The maximum Gasteiger partial charge on any atom is 0.0593 e. The summed E-state index contributed by atoms with van der Waals surface area (Å²) in [5, 5.41) is 0. The average Bonchev–Trinajstić information content (AvgIpc) is 2.44. The van der Waals surface area contributed by atoms with Crippen LogP contribution in [0.15, 0.2) is 35.2 Å². The first kappa shape index (κ1) is 14.9. The fourth-order valence-electron chi connectivity index (χ4n) is 2.52. The van der Waals surface area contributed by atoms with Crippen molar-refractivity contribution in [3.8, 4) is 0 Å². The fraction of sp³-hybridized carbons (Fsp3) is 0.625. The summed E-state index contributed by atoms with van der Waals surface area (Å²) < 4.78 is 5.73. The molecular weight excluding hydrogens is 254 g/mol. The van der Waals surface area contributed by atoms with Crippen LogP contribution in [0.1, 0.15) is 19.8 Å². The topological polar surface area (TPSA) is 12.5 Å². The van der Waals surface area contributed by atoms with E-state index in [1.165, 1.54) is 30.8 Å². The van der Waals surface area contributed by atoms with Crippen LogP contribution >= 0.6 is 11.8 Å². The highest BCUT2D eigenvalue weighted by atomic mass is 32.2. The Labute approximate surface area is 121 Å². The van der Waals surface area contributed by atoms with Crippen molar-refractivity contribution < 1.29 is 4.74 Å². The third kappa shape index (κ3) is 5.98. The molecule has 2 rings (SSSR count). The van der Waals surface area contributed by atoms with Gasteiger partial charge in [-0.15, -0.1) is 11.8 Å². The predicted molar refractivity (Wildman–Crippen MR) is 82.8 cm³/mol. The van der Waals surface area contributed by atoms with E-state index in [9.17, 15) is 0 Å². The van der Waals surface area contributed by atoms with E-state index in [0.29, 0.717) is 0 Å². The zero-order valence-electron chi connectivity index (χ0n) is 11.9. The van der Waals surface area contributed by atoms with Gasteiger partial charge < -0.3 is 9.64 Å². The van der Waals surface area contributed by atoms with Crippen LogP contribution < -0.4 is 0 Å². The molecule has 1 saturated heterocycles. The zero-order chi connectivity index (χ0) is 13.3. The Morgan fingerprint density at radius 3 is 2.89 bits per heavy atom. The highest BCUT2D eigenvalue weighted by molar-refractivity contribution is 7.99. The summed E-state index contributed by atoms with van der Waals surface area (Å²) in [6.07, 6.45) is 2.75. The number of nitrogens with zero attached hydrogens (tertiary/aromatic N) is 1. The molecule has 1 heterocycles. The number of ether oxygens (including phenoxy) is 1. The van der Waals surface area contributed by atoms with Gasteiger partial charge in [-0.05, 0) is 37.4 Å². The first-order valence-corrected chi connectivity index (χ1v) is 8.31. The highest BCUT2D eigenvalue weighted by Crippen LogP contribution is 2.16. The summed E-state index contributed by atoms with van der Waals surface area (Å²) in [7, 11) is 0. The summed E-state index contributed by atoms with van der Waals surface area (Å²) in [5.41, 5.74) is 0. The quantitative estimate of drug-likeness (QED) is 0.559. The number of piperidine rings is 1. The molecule has 0 aromatic heterocycles. The molecule has 0 spiro atoms. The van der Waals surface area contributed by atoms with Gasteiger partial charge in [0.15, 0.2) is 0 Å². The van der Waals surface area contributed by atoms with Gasteiger partial charge in [0.05, 0.1) is 13.2 Å². The summed E-state index contributed by atoms with van der Waals surface area (Å²) >= 11 is 1.87. The van der Waals surface area contributed by atoms with Gasteiger partial charge in [-0.3, -0.25) is 0 Å². The lowest BCUT2D eigenvalue weighted by molar-refractivity contribution is 0.0958. The molecule has 0 saturated carbocycles. The van der Waals surface area contributed by atoms with Crippen LogP contribution in [0, 0.1) is 5.92 Å². The lowest BCUT2D eigenvalue weighted by Crippen LogP contribution is -2.36. The van der Waals surface area contributed by atoms with Gasteiger partial charge in [0.2, 0.25) is 0 Å². The number of likely N-dealkylation sites (tertiary alicyclic amines) is 1. The smallest absolute Gasteiger partial charge is 0.0593 e. The number of rotatable bonds is 7. The fourth-order valence-corrected chi connectivity index (χ4v) is 3.31. The van der Waals surface area contributed by atoms with Crippen LogP contribution in [-0.2, 0) is 4.74 Å². The third-order valence-corrected chi connectivity index (χ3v) is 4.51. The molecule has 19 heavy (non-hydrogen) atoms. The van der Waals surface area contributed by atoms with Crippen LogP contribution in [0.4, 0.5) is 0 Å². The Bertz CT molecular complexity index is 344. The monoisotopic (exact) mass is 279 g/mol. The summed E-state index contributed by atoms with van der Waals surface area (Å²) in [6, 6.07) is 10.5. The molecule has 1 aliphatic rings. The predicted octanol–water partition coefficient (Wildman–Crippen LogP) is 3.53. The largest absolute Gasteiger partial charge is 0.379 e. The molecule has 0 N–H and O–H groups in total. The number of hydrogen-bond acceptors (Lipinski definition) is 3. The molecule has 0 amide bonds. The lowest BCUT2D eigenvalue weighted by Gasteiger charge is -2.30. The minimum Gasteiger partial charge on any atom is -0.379 e. The van der Waals surface area contributed by atoms with E-state index in [2.05, 4.69) is 42.2 Å². The molecule has 1 fully saturated rings. The van der Waals surface area contributed by atoms with Crippen LogP contribution in [0.2, 0.25) is 0 Å². The van der Waals surface area contributed by atoms with Gasteiger partial charge in [-0.1, -0.05) is 25.1 Å². The Kier molecular flexibility index (Phi) is 6.75. The normalized spacial score (nSPS) is 20.6. The van der Waals surface area contributed by atoms with Gasteiger partial charge in [0.1, 0.15) is 0 Å². The maximum atomic E-state index is 5.73. The molecule has 1 aromatic carbocycles. The second kappa shape index (κ2) is 8.62. The van der Waals surface area contributed by atoms with Crippen molar-refractivity contribution in [1.82, 2.24) is 4.90 Å². The van der Waals surface area contributed by atoms with Gasteiger partial charge in [-0.25, -0.2) is 0 Å². The summed E-state index contributed by atoms with van der Waals surface area (Å²) in [6.45, 7) is 7.68. The van der Waals surface area contributed by atoms with Gasteiger partial charge in [0.25, 0.3) is 0 Å². The number of hydrogen-bond donors (Lipinski definition) is 0. The van der Waals surface area contributed by atoms with Crippen LogP contribution in [0.5, 0.6) is 0 Å². The maximum absolute atomic E-state index is 5.73.